The summed E-state index contributed by atoms with van der Waals surface area (Å²) in [7, 11) is 0. The van der Waals surface area contributed by atoms with Crippen LogP contribution in [0.2, 0.25) is 0 Å². The minimum atomic E-state index is 0.546. The van der Waals surface area contributed by atoms with Crippen molar-refractivity contribution in [3.05, 3.63) is 13.2 Å². The SMILES string of the molecule is C=C.C[C@H]1CCCO1. The van der Waals surface area contributed by atoms with E-state index in [0.717, 1.165) is 6.61 Å². The fraction of sp³-hybridized carbons (Fsp3) is 0.714. The van der Waals surface area contributed by atoms with E-state index >= 15 is 0 Å². The fourth-order valence-electron chi connectivity index (χ4n) is 0.739. The predicted octanol–water partition coefficient (Wildman–Crippen LogP) is 1.99. The third-order valence-corrected chi connectivity index (χ3v) is 1.16. The van der Waals surface area contributed by atoms with Gasteiger partial charge in [-0.15, -0.1) is 13.2 Å². The molecule has 0 aromatic rings. The zero-order valence-corrected chi connectivity index (χ0v) is 5.52. The Hall–Kier alpha value is -0.300. The summed E-state index contributed by atoms with van der Waals surface area (Å²) in [5, 5.41) is 0. The number of hydrogen-bond donors (Lipinski definition) is 0. The first kappa shape index (κ1) is 7.70. The van der Waals surface area contributed by atoms with Crippen molar-refractivity contribution >= 4 is 0 Å². The van der Waals surface area contributed by atoms with Gasteiger partial charge in [0.2, 0.25) is 0 Å². The van der Waals surface area contributed by atoms with Crippen LogP contribution in [0.25, 0.3) is 0 Å². The van der Waals surface area contributed by atoms with Gasteiger partial charge in [-0.2, -0.15) is 0 Å². The second kappa shape index (κ2) is 4.85. The van der Waals surface area contributed by atoms with Crippen molar-refractivity contribution in [2.75, 3.05) is 6.61 Å². The fourth-order valence-corrected chi connectivity index (χ4v) is 0.739. The van der Waals surface area contributed by atoms with Gasteiger partial charge in [0.05, 0.1) is 6.10 Å². The largest absolute Gasteiger partial charge is 0.379 e. The third-order valence-electron chi connectivity index (χ3n) is 1.16. The quantitative estimate of drug-likeness (QED) is 0.437. The number of hydrogen-bond acceptors (Lipinski definition) is 1. The second-order valence-corrected chi connectivity index (χ2v) is 1.82. The number of rotatable bonds is 0. The molecule has 1 aliphatic heterocycles. The summed E-state index contributed by atoms with van der Waals surface area (Å²) in [6.07, 6.45) is 3.08. The summed E-state index contributed by atoms with van der Waals surface area (Å²) >= 11 is 0. The van der Waals surface area contributed by atoms with Crippen LogP contribution in [0.15, 0.2) is 13.2 Å². The van der Waals surface area contributed by atoms with Gasteiger partial charge in [-0.1, -0.05) is 0 Å². The van der Waals surface area contributed by atoms with Crippen LogP contribution in [-0.4, -0.2) is 12.7 Å². The molecule has 0 N–H and O–H groups in total. The Morgan fingerprint density at radius 2 is 2.12 bits per heavy atom. The van der Waals surface area contributed by atoms with Crippen molar-refractivity contribution in [3.63, 3.8) is 0 Å². The molecule has 1 heteroatoms. The Morgan fingerprint density at radius 1 is 1.50 bits per heavy atom. The lowest BCUT2D eigenvalue weighted by molar-refractivity contribution is 0.125. The molecule has 0 aromatic carbocycles. The Kier molecular flexibility index (Phi) is 4.67. The predicted molar refractivity (Wildman–Crippen MR) is 35.9 cm³/mol. The Bertz CT molecular complexity index is 46.3. The molecule has 1 rings (SSSR count). The van der Waals surface area contributed by atoms with Crippen molar-refractivity contribution in [3.8, 4) is 0 Å². The molecule has 0 spiro atoms. The average molecular weight is 114 g/mol. The first-order valence-corrected chi connectivity index (χ1v) is 3.01. The molecule has 1 saturated heterocycles. The van der Waals surface area contributed by atoms with Crippen molar-refractivity contribution in [1.82, 2.24) is 0 Å². The monoisotopic (exact) mass is 114 g/mol. The molecule has 0 aliphatic carbocycles. The summed E-state index contributed by atoms with van der Waals surface area (Å²) in [6, 6.07) is 0. The zero-order valence-electron chi connectivity index (χ0n) is 5.52. The van der Waals surface area contributed by atoms with Crippen molar-refractivity contribution in [2.24, 2.45) is 0 Å². The normalized spacial score (nSPS) is 26.4. The molecule has 0 aromatic heterocycles. The van der Waals surface area contributed by atoms with E-state index in [9.17, 15) is 0 Å². The highest BCUT2D eigenvalue weighted by Gasteiger charge is 2.07. The van der Waals surface area contributed by atoms with Gasteiger partial charge >= 0.3 is 0 Å². The molecular weight excluding hydrogens is 100 g/mol. The third kappa shape index (κ3) is 2.80. The highest BCUT2D eigenvalue weighted by molar-refractivity contribution is 4.56. The molecular formula is C7H14O. The van der Waals surface area contributed by atoms with Crippen LogP contribution in [0, 0.1) is 0 Å². The van der Waals surface area contributed by atoms with Crippen LogP contribution >= 0.6 is 0 Å². The van der Waals surface area contributed by atoms with Crippen LogP contribution in [0.1, 0.15) is 19.8 Å². The van der Waals surface area contributed by atoms with E-state index in [0.29, 0.717) is 6.10 Å². The van der Waals surface area contributed by atoms with E-state index < -0.39 is 0 Å². The molecule has 0 radical (unpaired) electrons. The van der Waals surface area contributed by atoms with Gasteiger partial charge in [-0.25, -0.2) is 0 Å². The molecule has 0 amide bonds. The van der Waals surface area contributed by atoms with Crippen molar-refractivity contribution in [2.45, 2.75) is 25.9 Å². The van der Waals surface area contributed by atoms with Crippen molar-refractivity contribution in [1.29, 1.82) is 0 Å². The number of ether oxygens (including phenoxy) is 1. The van der Waals surface area contributed by atoms with E-state index in [1.807, 2.05) is 0 Å². The lowest BCUT2D eigenvalue weighted by atomic mass is 10.3. The van der Waals surface area contributed by atoms with Gasteiger partial charge in [0.25, 0.3) is 0 Å². The lowest BCUT2D eigenvalue weighted by Gasteiger charge is -1.94. The van der Waals surface area contributed by atoms with Gasteiger partial charge in [-0.05, 0) is 19.8 Å². The van der Waals surface area contributed by atoms with Gasteiger partial charge in [0, 0.05) is 6.61 Å². The first-order chi connectivity index (χ1) is 3.89. The lowest BCUT2D eigenvalue weighted by Crippen LogP contribution is -1.94. The first-order valence-electron chi connectivity index (χ1n) is 3.01. The molecule has 48 valence electrons. The maximum absolute atomic E-state index is 5.15. The molecule has 1 nitrogen and oxygen atoms in total. The maximum atomic E-state index is 5.15. The van der Waals surface area contributed by atoms with Crippen LogP contribution in [0.4, 0.5) is 0 Å². The second-order valence-electron chi connectivity index (χ2n) is 1.82. The van der Waals surface area contributed by atoms with E-state index in [2.05, 4.69) is 20.1 Å². The van der Waals surface area contributed by atoms with Gasteiger partial charge in [0.1, 0.15) is 0 Å². The van der Waals surface area contributed by atoms with E-state index in [4.69, 9.17) is 4.74 Å². The Balaban J connectivity index is 0.000000222. The minimum absolute atomic E-state index is 0.546. The van der Waals surface area contributed by atoms with Crippen LogP contribution in [-0.2, 0) is 4.74 Å². The summed E-state index contributed by atoms with van der Waals surface area (Å²) in [6.45, 7) is 9.11. The molecule has 1 aliphatic rings. The smallest absolute Gasteiger partial charge is 0.0547 e. The van der Waals surface area contributed by atoms with E-state index in [1.54, 1.807) is 0 Å². The van der Waals surface area contributed by atoms with E-state index in [-0.39, 0.29) is 0 Å². The highest BCUT2D eigenvalue weighted by atomic mass is 16.5. The van der Waals surface area contributed by atoms with Gasteiger partial charge < -0.3 is 4.74 Å². The van der Waals surface area contributed by atoms with Crippen molar-refractivity contribution < 1.29 is 4.74 Å². The molecule has 1 atom stereocenters. The Labute approximate surface area is 51.4 Å². The molecule has 0 bridgehead atoms. The van der Waals surface area contributed by atoms with E-state index in [1.165, 1.54) is 12.8 Å². The molecule has 8 heavy (non-hydrogen) atoms. The summed E-state index contributed by atoms with van der Waals surface area (Å²) in [5.41, 5.74) is 0. The highest BCUT2D eigenvalue weighted by Crippen LogP contribution is 2.09. The topological polar surface area (TPSA) is 9.23 Å². The van der Waals surface area contributed by atoms with Crippen LogP contribution in [0.5, 0.6) is 0 Å². The summed E-state index contributed by atoms with van der Waals surface area (Å²) in [5.74, 6) is 0. The maximum Gasteiger partial charge on any atom is 0.0547 e. The minimum Gasteiger partial charge on any atom is -0.379 e. The summed E-state index contributed by atoms with van der Waals surface area (Å²) < 4.78 is 5.15. The van der Waals surface area contributed by atoms with Crippen LogP contribution < -0.4 is 0 Å². The molecule has 0 saturated carbocycles. The summed E-state index contributed by atoms with van der Waals surface area (Å²) in [4.78, 5) is 0. The molecule has 1 fully saturated rings. The molecule has 0 unspecified atom stereocenters. The zero-order chi connectivity index (χ0) is 6.41. The van der Waals surface area contributed by atoms with Gasteiger partial charge in [0.15, 0.2) is 0 Å². The standard InChI is InChI=1S/C5H10O.C2H4/c1-5-3-2-4-6-5;1-2/h5H,2-4H2,1H3;1-2H2/t5-;/m0./s1. The van der Waals surface area contributed by atoms with Crippen LogP contribution in [0.3, 0.4) is 0 Å². The van der Waals surface area contributed by atoms with Gasteiger partial charge in [-0.3, -0.25) is 0 Å². The average Bonchev–Trinajstić information content (AvgIpc) is 2.24. The Morgan fingerprint density at radius 3 is 2.25 bits per heavy atom. The molecule has 1 heterocycles.